The average molecular weight is 389 g/mol. The van der Waals surface area contributed by atoms with Crippen LogP contribution in [0.15, 0.2) is 47.4 Å². The molecular weight excluding hydrogens is 382 g/mol. The third-order valence-electron chi connectivity index (χ3n) is 3.09. The Labute approximate surface area is 137 Å². The molecule has 0 spiro atoms. The molecule has 0 unspecified atom stereocenters. The fourth-order valence-corrected chi connectivity index (χ4v) is 3.06. The molecule has 2 rings (SSSR count). The lowest BCUT2D eigenvalue weighted by Gasteiger charge is -2.13. The summed E-state index contributed by atoms with van der Waals surface area (Å²) in [4.78, 5) is -0.628. The van der Waals surface area contributed by atoms with E-state index < -0.39 is 43.0 Å². The van der Waals surface area contributed by atoms with Crippen molar-refractivity contribution < 1.29 is 34.8 Å². The van der Waals surface area contributed by atoms with Gasteiger partial charge in [0.05, 0.1) is 16.0 Å². The molecule has 2 aromatic rings. The quantitative estimate of drug-likeness (QED) is 0.515. The smallest absolute Gasteiger partial charge is 0.207 e. The molecule has 0 aliphatic rings. The Kier molecular flexibility index (Phi) is 4.62. The molecule has 0 aliphatic carbocycles. The minimum Gasteiger partial charge on any atom is -0.207 e. The van der Waals surface area contributed by atoms with Crippen LogP contribution in [0.1, 0.15) is 11.1 Å². The molecule has 10 heteroatoms. The van der Waals surface area contributed by atoms with Crippen molar-refractivity contribution in [3.8, 4) is 11.1 Å². The lowest BCUT2D eigenvalue weighted by atomic mass is 10.0. The van der Waals surface area contributed by atoms with E-state index in [0.717, 1.165) is 12.1 Å². The molecule has 0 heterocycles. The van der Waals surface area contributed by atoms with Gasteiger partial charge < -0.3 is 0 Å². The molecule has 0 saturated heterocycles. The maximum absolute atomic E-state index is 12.8. The summed E-state index contributed by atoms with van der Waals surface area (Å²) < 4.78 is 99.1. The second-order valence-corrected chi connectivity index (χ2v) is 7.26. The van der Waals surface area contributed by atoms with Crippen LogP contribution in [-0.4, -0.2) is 8.42 Å². The van der Waals surface area contributed by atoms with E-state index in [-0.39, 0.29) is 5.56 Å². The molecule has 2 nitrogen and oxygen atoms in total. The highest BCUT2D eigenvalue weighted by atomic mass is 35.7. The third-order valence-corrected chi connectivity index (χ3v) is 4.47. The zero-order chi connectivity index (χ0) is 18.3. The molecule has 24 heavy (non-hydrogen) atoms. The monoisotopic (exact) mass is 388 g/mol. The van der Waals surface area contributed by atoms with Crippen LogP contribution < -0.4 is 0 Å². The topological polar surface area (TPSA) is 34.1 Å². The molecule has 0 radical (unpaired) electrons. The molecule has 0 saturated carbocycles. The highest BCUT2D eigenvalue weighted by Crippen LogP contribution is 2.37. The van der Waals surface area contributed by atoms with E-state index in [0.29, 0.717) is 30.3 Å². The standard InChI is InChI=1S/C14H7ClF6O2S/c15-24(22,23)12-6-5-10(14(19,20)21)7-11(12)8-1-3-9(4-2-8)13(16,17)18/h1-7H. The van der Waals surface area contributed by atoms with Crippen LogP contribution in [0.3, 0.4) is 0 Å². The molecule has 130 valence electrons. The van der Waals surface area contributed by atoms with Gasteiger partial charge in [0.1, 0.15) is 0 Å². The Balaban J connectivity index is 2.66. The molecule has 0 N–H and O–H groups in total. The van der Waals surface area contributed by atoms with Crippen LogP contribution in [0.4, 0.5) is 26.3 Å². The zero-order valence-electron chi connectivity index (χ0n) is 11.4. The van der Waals surface area contributed by atoms with Gasteiger partial charge in [-0.3, -0.25) is 0 Å². The van der Waals surface area contributed by atoms with Gasteiger partial charge in [-0.25, -0.2) is 8.42 Å². The van der Waals surface area contributed by atoms with E-state index in [2.05, 4.69) is 0 Å². The molecule has 0 aromatic heterocycles. The van der Waals surface area contributed by atoms with E-state index in [1.165, 1.54) is 0 Å². The van der Waals surface area contributed by atoms with E-state index in [1.54, 1.807) is 0 Å². The summed E-state index contributed by atoms with van der Waals surface area (Å²) in [6, 6.07) is 4.76. The van der Waals surface area contributed by atoms with Crippen LogP contribution in [0.25, 0.3) is 11.1 Å². The van der Waals surface area contributed by atoms with Crippen molar-refractivity contribution in [1.29, 1.82) is 0 Å². The van der Waals surface area contributed by atoms with Gasteiger partial charge in [-0.1, -0.05) is 12.1 Å². The molecule has 0 fully saturated rings. The Morgan fingerprint density at radius 2 is 1.21 bits per heavy atom. The number of rotatable bonds is 2. The maximum atomic E-state index is 12.8. The van der Waals surface area contributed by atoms with Crippen molar-refractivity contribution in [2.24, 2.45) is 0 Å². The second kappa shape index (κ2) is 5.96. The summed E-state index contributed by atoms with van der Waals surface area (Å²) in [5.41, 5.74) is -2.75. The number of hydrogen-bond acceptors (Lipinski definition) is 2. The van der Waals surface area contributed by atoms with Gasteiger partial charge in [-0.05, 0) is 35.9 Å². The summed E-state index contributed by atoms with van der Waals surface area (Å²) in [6.45, 7) is 0. The zero-order valence-corrected chi connectivity index (χ0v) is 13.0. The molecule has 0 atom stereocenters. The van der Waals surface area contributed by atoms with Crippen molar-refractivity contribution >= 4 is 19.7 Å². The first kappa shape index (κ1) is 18.6. The van der Waals surface area contributed by atoms with E-state index in [1.807, 2.05) is 0 Å². The molecule has 0 amide bonds. The van der Waals surface area contributed by atoms with E-state index in [9.17, 15) is 34.8 Å². The van der Waals surface area contributed by atoms with Crippen molar-refractivity contribution in [3.63, 3.8) is 0 Å². The predicted molar refractivity (Wildman–Crippen MR) is 74.9 cm³/mol. The Hall–Kier alpha value is -1.74. The molecule has 0 aliphatic heterocycles. The SMILES string of the molecule is O=S(=O)(Cl)c1ccc(C(F)(F)F)cc1-c1ccc(C(F)(F)F)cc1. The van der Waals surface area contributed by atoms with Crippen LogP contribution in [0.2, 0.25) is 0 Å². The van der Waals surface area contributed by atoms with Crippen LogP contribution in [0, 0.1) is 0 Å². The first-order valence-electron chi connectivity index (χ1n) is 6.14. The fraction of sp³-hybridized carbons (Fsp3) is 0.143. The van der Waals surface area contributed by atoms with E-state index in [4.69, 9.17) is 10.7 Å². The summed E-state index contributed by atoms with van der Waals surface area (Å²) in [5.74, 6) is 0. The van der Waals surface area contributed by atoms with Crippen LogP contribution in [-0.2, 0) is 21.4 Å². The Bertz CT molecular complexity index is 854. The Morgan fingerprint density at radius 3 is 1.62 bits per heavy atom. The highest BCUT2D eigenvalue weighted by molar-refractivity contribution is 8.13. The van der Waals surface area contributed by atoms with Crippen LogP contribution >= 0.6 is 10.7 Å². The van der Waals surface area contributed by atoms with Crippen LogP contribution in [0.5, 0.6) is 0 Å². The Morgan fingerprint density at radius 1 is 0.750 bits per heavy atom. The van der Waals surface area contributed by atoms with Crippen molar-refractivity contribution in [1.82, 2.24) is 0 Å². The van der Waals surface area contributed by atoms with Gasteiger partial charge >= 0.3 is 12.4 Å². The van der Waals surface area contributed by atoms with Crippen molar-refractivity contribution in [2.45, 2.75) is 17.2 Å². The van der Waals surface area contributed by atoms with E-state index >= 15 is 0 Å². The molecular formula is C14H7ClF6O2S. The first-order valence-corrected chi connectivity index (χ1v) is 8.44. The normalized spacial score (nSPS) is 13.1. The predicted octanol–water partition coefficient (Wildman–Crippen LogP) is 5.32. The second-order valence-electron chi connectivity index (χ2n) is 4.72. The minimum atomic E-state index is -4.75. The van der Waals surface area contributed by atoms with Gasteiger partial charge in [-0.15, -0.1) is 0 Å². The lowest BCUT2D eigenvalue weighted by Crippen LogP contribution is -2.07. The summed E-state index contributed by atoms with van der Waals surface area (Å²) in [6.07, 6.45) is -9.39. The number of halogens is 7. The van der Waals surface area contributed by atoms with Gasteiger partial charge in [0, 0.05) is 16.2 Å². The summed E-state index contributed by atoms with van der Waals surface area (Å²) in [5, 5.41) is 0. The average Bonchev–Trinajstić information content (AvgIpc) is 2.44. The number of hydrogen-bond donors (Lipinski definition) is 0. The first-order chi connectivity index (χ1) is 10.8. The highest BCUT2D eigenvalue weighted by Gasteiger charge is 2.33. The maximum Gasteiger partial charge on any atom is 0.416 e. The number of benzene rings is 2. The number of alkyl halides is 6. The third kappa shape index (κ3) is 4.02. The van der Waals surface area contributed by atoms with Crippen molar-refractivity contribution in [2.75, 3.05) is 0 Å². The van der Waals surface area contributed by atoms with Gasteiger partial charge in [0.2, 0.25) is 0 Å². The van der Waals surface area contributed by atoms with Gasteiger partial charge in [-0.2, -0.15) is 26.3 Å². The fourth-order valence-electron chi connectivity index (χ4n) is 1.98. The minimum absolute atomic E-state index is 0.145. The van der Waals surface area contributed by atoms with Gasteiger partial charge in [0.15, 0.2) is 0 Å². The summed E-state index contributed by atoms with van der Waals surface area (Å²) >= 11 is 0. The largest absolute Gasteiger partial charge is 0.416 e. The van der Waals surface area contributed by atoms with Crippen molar-refractivity contribution in [3.05, 3.63) is 53.6 Å². The lowest BCUT2D eigenvalue weighted by molar-refractivity contribution is -0.138. The molecule has 2 aromatic carbocycles. The summed E-state index contributed by atoms with van der Waals surface area (Å²) in [7, 11) is 0.795. The molecule has 0 bridgehead atoms. The van der Waals surface area contributed by atoms with Gasteiger partial charge in [0.25, 0.3) is 9.05 Å².